The zero-order valence-electron chi connectivity index (χ0n) is 9.39. The van der Waals surface area contributed by atoms with Crippen molar-refractivity contribution in [1.29, 1.82) is 0 Å². The van der Waals surface area contributed by atoms with E-state index < -0.39 is 10.0 Å². The normalized spacial score (nSPS) is 24.4. The van der Waals surface area contributed by atoms with Crippen molar-refractivity contribution in [2.45, 2.75) is 12.6 Å². The van der Waals surface area contributed by atoms with Gasteiger partial charge in [-0.25, -0.2) is 13.1 Å². The minimum Gasteiger partial charge on any atom is -0.468 e. The highest BCUT2D eigenvalue weighted by molar-refractivity contribution is 8.00. The van der Waals surface area contributed by atoms with E-state index in [0.29, 0.717) is 18.8 Å². The van der Waals surface area contributed by atoms with Crippen LogP contribution >= 0.6 is 11.8 Å². The molecular formula is C10H16N2O3S2. The standard InChI is InChI=1S/C10H16N2O3S2/c13-17(14)5-4-16-8-9(12-17)6-11-7-10-2-1-3-15-10/h1-3,9,11-12H,4-8H2. The van der Waals surface area contributed by atoms with Crippen LogP contribution in [-0.4, -0.2) is 38.3 Å². The minimum atomic E-state index is -3.09. The fraction of sp³-hybridized carbons (Fsp3) is 0.600. The fourth-order valence-corrected chi connectivity index (χ4v) is 4.52. The lowest BCUT2D eigenvalue weighted by Gasteiger charge is -2.15. The second-order valence-electron chi connectivity index (χ2n) is 3.92. The largest absolute Gasteiger partial charge is 0.468 e. The highest BCUT2D eigenvalue weighted by atomic mass is 32.2. The van der Waals surface area contributed by atoms with Gasteiger partial charge in [0.05, 0.1) is 18.6 Å². The lowest BCUT2D eigenvalue weighted by atomic mass is 10.3. The van der Waals surface area contributed by atoms with E-state index in [2.05, 4.69) is 10.0 Å². The van der Waals surface area contributed by atoms with Gasteiger partial charge in [0.1, 0.15) is 5.76 Å². The number of sulfonamides is 1. The molecule has 1 unspecified atom stereocenters. The summed E-state index contributed by atoms with van der Waals surface area (Å²) in [5.74, 6) is 2.55. The van der Waals surface area contributed by atoms with Crippen LogP contribution in [-0.2, 0) is 16.6 Å². The summed E-state index contributed by atoms with van der Waals surface area (Å²) in [5.41, 5.74) is 0. The van der Waals surface area contributed by atoms with E-state index in [-0.39, 0.29) is 11.8 Å². The summed E-state index contributed by atoms with van der Waals surface area (Å²) in [7, 11) is -3.09. The molecule has 0 radical (unpaired) electrons. The van der Waals surface area contributed by atoms with Gasteiger partial charge in [0.25, 0.3) is 0 Å². The number of nitrogens with one attached hydrogen (secondary N) is 2. The van der Waals surface area contributed by atoms with Crippen molar-refractivity contribution in [2.75, 3.05) is 23.8 Å². The van der Waals surface area contributed by atoms with E-state index in [1.54, 1.807) is 18.0 Å². The molecule has 1 aromatic heterocycles. The summed E-state index contributed by atoms with van der Waals surface area (Å²) in [6.45, 7) is 1.24. The number of hydrogen-bond donors (Lipinski definition) is 2. The SMILES string of the molecule is O=S1(=O)CCSCC(CNCc2ccco2)N1. The molecule has 2 heterocycles. The van der Waals surface area contributed by atoms with Crippen LogP contribution in [0.3, 0.4) is 0 Å². The van der Waals surface area contributed by atoms with Gasteiger partial charge in [0, 0.05) is 24.1 Å². The molecule has 5 nitrogen and oxygen atoms in total. The lowest BCUT2D eigenvalue weighted by molar-refractivity contribution is 0.471. The molecule has 0 bridgehead atoms. The maximum atomic E-state index is 11.5. The summed E-state index contributed by atoms with van der Waals surface area (Å²) in [5, 5.41) is 3.19. The van der Waals surface area contributed by atoms with Gasteiger partial charge in [-0.3, -0.25) is 0 Å². The number of rotatable bonds is 4. The van der Waals surface area contributed by atoms with Crippen molar-refractivity contribution in [2.24, 2.45) is 0 Å². The Hall–Kier alpha value is -0.500. The first kappa shape index (κ1) is 12.9. The first-order valence-corrected chi connectivity index (χ1v) is 8.27. The Bertz CT molecular complexity index is 430. The average Bonchev–Trinajstić information content (AvgIpc) is 2.70. The van der Waals surface area contributed by atoms with Gasteiger partial charge in [0.15, 0.2) is 0 Å². The zero-order chi connectivity index (χ0) is 12.1. The molecule has 1 atom stereocenters. The predicted molar refractivity (Wildman–Crippen MR) is 68.5 cm³/mol. The molecule has 0 saturated carbocycles. The van der Waals surface area contributed by atoms with E-state index in [1.165, 1.54) is 0 Å². The van der Waals surface area contributed by atoms with E-state index in [1.807, 2.05) is 12.1 Å². The van der Waals surface area contributed by atoms with Crippen LogP contribution in [0.25, 0.3) is 0 Å². The summed E-state index contributed by atoms with van der Waals surface area (Å²) in [4.78, 5) is 0. The Morgan fingerprint density at radius 3 is 3.24 bits per heavy atom. The smallest absolute Gasteiger partial charge is 0.212 e. The molecule has 2 N–H and O–H groups in total. The van der Waals surface area contributed by atoms with E-state index in [4.69, 9.17) is 4.42 Å². The molecule has 1 fully saturated rings. The van der Waals surface area contributed by atoms with Crippen molar-refractivity contribution < 1.29 is 12.8 Å². The van der Waals surface area contributed by atoms with Gasteiger partial charge in [-0.2, -0.15) is 11.8 Å². The molecule has 0 spiro atoms. The number of hydrogen-bond acceptors (Lipinski definition) is 5. The third-order valence-corrected chi connectivity index (χ3v) is 5.26. The topological polar surface area (TPSA) is 71.3 Å². The molecule has 96 valence electrons. The van der Waals surface area contributed by atoms with Crippen molar-refractivity contribution in [1.82, 2.24) is 10.0 Å². The van der Waals surface area contributed by atoms with E-state index in [9.17, 15) is 8.42 Å². The summed E-state index contributed by atoms with van der Waals surface area (Å²) in [6.07, 6.45) is 1.63. The molecule has 1 saturated heterocycles. The molecule has 0 amide bonds. The Kier molecular flexibility index (Phi) is 4.49. The molecule has 1 aromatic rings. The summed E-state index contributed by atoms with van der Waals surface area (Å²) >= 11 is 1.67. The molecule has 0 aromatic carbocycles. The van der Waals surface area contributed by atoms with E-state index >= 15 is 0 Å². The summed E-state index contributed by atoms with van der Waals surface area (Å²) in [6, 6.07) is 3.68. The van der Waals surface area contributed by atoms with Gasteiger partial charge < -0.3 is 9.73 Å². The number of furan rings is 1. The second-order valence-corrected chi connectivity index (χ2v) is 6.94. The molecule has 2 rings (SSSR count). The molecule has 0 aliphatic carbocycles. The molecule has 17 heavy (non-hydrogen) atoms. The maximum Gasteiger partial charge on any atom is 0.212 e. The Morgan fingerprint density at radius 2 is 2.47 bits per heavy atom. The second kappa shape index (κ2) is 5.90. The van der Waals surface area contributed by atoms with E-state index in [0.717, 1.165) is 11.5 Å². The van der Waals surface area contributed by atoms with Crippen LogP contribution in [0.5, 0.6) is 0 Å². The quantitative estimate of drug-likeness (QED) is 0.833. The van der Waals surface area contributed by atoms with Gasteiger partial charge in [0.2, 0.25) is 10.0 Å². The van der Waals surface area contributed by atoms with Gasteiger partial charge in [-0.1, -0.05) is 0 Å². The van der Waals surface area contributed by atoms with Crippen LogP contribution in [0.4, 0.5) is 0 Å². The first-order chi connectivity index (χ1) is 8.16. The van der Waals surface area contributed by atoms with Crippen LogP contribution in [0, 0.1) is 0 Å². The van der Waals surface area contributed by atoms with Gasteiger partial charge in [-0.05, 0) is 12.1 Å². The number of thioether (sulfide) groups is 1. The van der Waals surface area contributed by atoms with Gasteiger partial charge in [-0.15, -0.1) is 0 Å². The maximum absolute atomic E-state index is 11.5. The Balaban J connectivity index is 1.78. The molecule has 1 aliphatic rings. The Labute approximate surface area is 105 Å². The third kappa shape index (κ3) is 4.34. The van der Waals surface area contributed by atoms with Crippen molar-refractivity contribution in [3.05, 3.63) is 24.2 Å². The van der Waals surface area contributed by atoms with Crippen molar-refractivity contribution in [3.63, 3.8) is 0 Å². The minimum absolute atomic E-state index is 0.0394. The van der Waals surface area contributed by atoms with Gasteiger partial charge >= 0.3 is 0 Å². The average molecular weight is 276 g/mol. The highest BCUT2D eigenvalue weighted by Crippen LogP contribution is 2.09. The predicted octanol–water partition coefficient (Wildman–Crippen LogP) is 0.404. The molecule has 7 heteroatoms. The van der Waals surface area contributed by atoms with Crippen molar-refractivity contribution in [3.8, 4) is 0 Å². The Morgan fingerprint density at radius 1 is 1.59 bits per heavy atom. The zero-order valence-corrected chi connectivity index (χ0v) is 11.0. The van der Waals surface area contributed by atoms with Crippen LogP contribution in [0.2, 0.25) is 0 Å². The molecular weight excluding hydrogens is 260 g/mol. The van der Waals surface area contributed by atoms with Crippen molar-refractivity contribution >= 4 is 21.8 Å². The monoisotopic (exact) mass is 276 g/mol. The molecule has 1 aliphatic heterocycles. The van der Waals surface area contributed by atoms with Crippen LogP contribution < -0.4 is 10.0 Å². The first-order valence-electron chi connectivity index (χ1n) is 5.46. The van der Waals surface area contributed by atoms with Crippen LogP contribution in [0.1, 0.15) is 5.76 Å². The van der Waals surface area contributed by atoms with Crippen LogP contribution in [0.15, 0.2) is 22.8 Å². The lowest BCUT2D eigenvalue weighted by Crippen LogP contribution is -2.42. The summed E-state index contributed by atoms with van der Waals surface area (Å²) < 4.78 is 30.9. The highest BCUT2D eigenvalue weighted by Gasteiger charge is 2.21. The fourth-order valence-electron chi connectivity index (χ4n) is 1.62. The third-order valence-electron chi connectivity index (χ3n) is 2.43.